The summed E-state index contributed by atoms with van der Waals surface area (Å²) < 4.78 is 0. The van der Waals surface area contributed by atoms with E-state index in [1.54, 1.807) is 14.1 Å². The van der Waals surface area contributed by atoms with Crippen molar-refractivity contribution in [2.75, 3.05) is 27.2 Å². The number of nitrogens with zero attached hydrogens (tertiary/aromatic N) is 6. The molecule has 0 N–H and O–H groups in total. The summed E-state index contributed by atoms with van der Waals surface area (Å²) in [5.74, 6) is 0.768. The molecule has 8 heteroatoms. The highest BCUT2D eigenvalue weighted by atomic mass is 16.7. The smallest absolute Gasteiger partial charge is 0.249 e. The molecular formula is C17H24N6O2. The van der Waals surface area contributed by atoms with Crippen molar-refractivity contribution in [1.82, 2.24) is 30.2 Å². The van der Waals surface area contributed by atoms with Gasteiger partial charge in [0, 0.05) is 25.1 Å². The lowest BCUT2D eigenvalue weighted by Gasteiger charge is -2.32. The molecule has 25 heavy (non-hydrogen) atoms. The van der Waals surface area contributed by atoms with E-state index >= 15 is 0 Å². The molecule has 1 saturated heterocycles. The van der Waals surface area contributed by atoms with Gasteiger partial charge in [0.15, 0.2) is 0 Å². The zero-order chi connectivity index (χ0) is 17.8. The number of hydrogen-bond donors (Lipinski definition) is 0. The van der Waals surface area contributed by atoms with Crippen molar-refractivity contribution in [2.45, 2.75) is 19.4 Å². The van der Waals surface area contributed by atoms with Gasteiger partial charge in [0.25, 0.3) is 0 Å². The number of likely N-dealkylation sites (tertiary alicyclic amines) is 1. The summed E-state index contributed by atoms with van der Waals surface area (Å²) in [4.78, 5) is 21.0. The highest BCUT2D eigenvalue weighted by Crippen LogP contribution is 2.22. The second-order valence-corrected chi connectivity index (χ2v) is 6.37. The Balaban J connectivity index is 1.53. The maximum absolute atomic E-state index is 12.1. The van der Waals surface area contributed by atoms with Gasteiger partial charge in [-0.2, -0.15) is 4.80 Å². The Morgan fingerprint density at radius 1 is 1.28 bits per heavy atom. The third-order valence-corrected chi connectivity index (χ3v) is 4.65. The average Bonchev–Trinajstić information content (AvgIpc) is 3.08. The normalized spacial score (nSPS) is 16.1. The number of carbonyl (C=O) groups excluding carboxylic acids is 1. The van der Waals surface area contributed by atoms with Crippen LogP contribution in [0.4, 0.5) is 0 Å². The molecule has 0 radical (unpaired) electrons. The Labute approximate surface area is 147 Å². The number of carbonyl (C=O) groups is 1. The van der Waals surface area contributed by atoms with E-state index in [9.17, 15) is 4.79 Å². The Morgan fingerprint density at radius 3 is 2.52 bits per heavy atom. The van der Waals surface area contributed by atoms with E-state index < -0.39 is 0 Å². The van der Waals surface area contributed by atoms with Gasteiger partial charge in [0.1, 0.15) is 0 Å². The van der Waals surface area contributed by atoms with Crippen LogP contribution in [0.5, 0.6) is 0 Å². The predicted octanol–water partition coefficient (Wildman–Crippen LogP) is 1.11. The molecule has 1 aromatic carbocycles. The van der Waals surface area contributed by atoms with Crippen LogP contribution in [0.1, 0.15) is 18.4 Å². The summed E-state index contributed by atoms with van der Waals surface area (Å²) in [7, 11) is 4.94. The molecule has 2 heterocycles. The molecule has 1 aromatic heterocycles. The molecule has 1 fully saturated rings. The molecule has 0 unspecified atom stereocenters. The van der Waals surface area contributed by atoms with E-state index in [0.717, 1.165) is 38.0 Å². The van der Waals surface area contributed by atoms with Gasteiger partial charge in [0.05, 0.1) is 14.2 Å². The van der Waals surface area contributed by atoms with Gasteiger partial charge in [-0.25, -0.2) is 5.06 Å². The fourth-order valence-electron chi connectivity index (χ4n) is 3.10. The van der Waals surface area contributed by atoms with Gasteiger partial charge in [-0.3, -0.25) is 14.5 Å². The van der Waals surface area contributed by atoms with Crippen LogP contribution < -0.4 is 0 Å². The van der Waals surface area contributed by atoms with E-state index in [4.69, 9.17) is 4.84 Å². The van der Waals surface area contributed by atoms with Gasteiger partial charge in [-0.1, -0.05) is 24.3 Å². The van der Waals surface area contributed by atoms with Gasteiger partial charge in [-0.05, 0) is 36.7 Å². The summed E-state index contributed by atoms with van der Waals surface area (Å²) >= 11 is 0. The number of piperidine rings is 1. The van der Waals surface area contributed by atoms with Crippen molar-refractivity contribution in [3.63, 3.8) is 0 Å². The quantitative estimate of drug-likeness (QED) is 0.756. The van der Waals surface area contributed by atoms with Crippen molar-refractivity contribution in [1.29, 1.82) is 0 Å². The molecule has 134 valence electrons. The predicted molar refractivity (Wildman–Crippen MR) is 92.0 cm³/mol. The standard InChI is InChI=1S/C17H24N6O2/c1-21(25-3)17(24)15-8-10-23(11-9-15)12-13-4-6-14(7-5-13)16-18-20-22(2)19-16/h4-7,15H,8-12H2,1-3H3. The number of rotatable bonds is 5. The molecule has 0 aliphatic carbocycles. The molecule has 0 spiro atoms. The molecule has 8 nitrogen and oxygen atoms in total. The SMILES string of the molecule is CON(C)C(=O)C1CCN(Cc2ccc(-c3nnn(C)n3)cc2)CC1. The molecule has 2 aromatic rings. The second kappa shape index (κ2) is 7.71. The van der Waals surface area contributed by atoms with Gasteiger partial charge in [-0.15, -0.1) is 10.2 Å². The monoisotopic (exact) mass is 344 g/mol. The Kier molecular flexibility index (Phi) is 5.40. The lowest BCUT2D eigenvalue weighted by molar-refractivity contribution is -0.174. The minimum Gasteiger partial charge on any atom is -0.299 e. The lowest BCUT2D eigenvalue weighted by atomic mass is 9.95. The Morgan fingerprint density at radius 2 is 1.96 bits per heavy atom. The minimum atomic E-state index is 0.0614. The number of hydrogen-bond acceptors (Lipinski definition) is 6. The topological polar surface area (TPSA) is 76.4 Å². The van der Waals surface area contributed by atoms with Crippen molar-refractivity contribution in [3.8, 4) is 11.4 Å². The zero-order valence-corrected chi connectivity index (χ0v) is 14.9. The summed E-state index contributed by atoms with van der Waals surface area (Å²) in [6, 6.07) is 8.25. The first-order valence-corrected chi connectivity index (χ1v) is 8.44. The first-order valence-electron chi connectivity index (χ1n) is 8.44. The molecule has 1 aliphatic rings. The first kappa shape index (κ1) is 17.5. The maximum atomic E-state index is 12.1. The Bertz CT molecular complexity index is 706. The van der Waals surface area contributed by atoms with E-state index in [-0.39, 0.29) is 11.8 Å². The fourth-order valence-corrected chi connectivity index (χ4v) is 3.10. The van der Waals surface area contributed by atoms with Crippen LogP contribution >= 0.6 is 0 Å². The van der Waals surface area contributed by atoms with E-state index in [2.05, 4.69) is 32.4 Å². The zero-order valence-electron chi connectivity index (χ0n) is 14.9. The Hall–Kier alpha value is -2.32. The highest BCUT2D eigenvalue weighted by Gasteiger charge is 2.27. The molecule has 0 atom stereocenters. The van der Waals surface area contributed by atoms with Gasteiger partial charge < -0.3 is 0 Å². The molecule has 1 amide bonds. The summed E-state index contributed by atoms with van der Waals surface area (Å²) in [5, 5.41) is 13.4. The van der Waals surface area contributed by atoms with Crippen molar-refractivity contribution in [2.24, 2.45) is 13.0 Å². The van der Waals surface area contributed by atoms with E-state index in [0.29, 0.717) is 5.82 Å². The minimum absolute atomic E-state index is 0.0614. The number of aromatic nitrogens is 4. The first-order chi connectivity index (χ1) is 12.1. The van der Waals surface area contributed by atoms with Crippen LogP contribution in [0.15, 0.2) is 24.3 Å². The molecular weight excluding hydrogens is 320 g/mol. The van der Waals surface area contributed by atoms with Crippen molar-refractivity contribution >= 4 is 5.91 Å². The maximum Gasteiger partial charge on any atom is 0.249 e. The molecule has 3 rings (SSSR count). The van der Waals surface area contributed by atoms with Crippen LogP contribution in [0.2, 0.25) is 0 Å². The van der Waals surface area contributed by atoms with Gasteiger partial charge in [0.2, 0.25) is 11.7 Å². The summed E-state index contributed by atoms with van der Waals surface area (Å²) in [5.41, 5.74) is 2.20. The highest BCUT2D eigenvalue weighted by molar-refractivity contribution is 5.77. The van der Waals surface area contributed by atoms with Crippen LogP contribution in [0.25, 0.3) is 11.4 Å². The number of tetrazole rings is 1. The molecule has 0 saturated carbocycles. The van der Waals surface area contributed by atoms with E-state index in [1.807, 2.05) is 12.1 Å². The largest absolute Gasteiger partial charge is 0.299 e. The second-order valence-electron chi connectivity index (χ2n) is 6.37. The number of hydroxylamine groups is 2. The molecule has 1 aliphatic heterocycles. The lowest BCUT2D eigenvalue weighted by Crippen LogP contribution is -2.40. The van der Waals surface area contributed by atoms with Crippen molar-refractivity contribution in [3.05, 3.63) is 29.8 Å². The number of aryl methyl sites for hydroxylation is 1. The average molecular weight is 344 g/mol. The third-order valence-electron chi connectivity index (χ3n) is 4.65. The summed E-state index contributed by atoms with van der Waals surface area (Å²) in [6.45, 7) is 2.72. The van der Waals surface area contributed by atoms with E-state index in [1.165, 1.54) is 22.5 Å². The van der Waals surface area contributed by atoms with Crippen LogP contribution in [-0.2, 0) is 23.2 Å². The van der Waals surface area contributed by atoms with Crippen LogP contribution in [-0.4, -0.2) is 63.3 Å². The number of benzene rings is 1. The number of amides is 1. The van der Waals surface area contributed by atoms with Gasteiger partial charge >= 0.3 is 0 Å². The summed E-state index contributed by atoms with van der Waals surface area (Å²) in [6.07, 6.45) is 1.74. The molecule has 0 bridgehead atoms. The third kappa shape index (κ3) is 4.21. The van der Waals surface area contributed by atoms with Crippen molar-refractivity contribution < 1.29 is 9.63 Å². The van der Waals surface area contributed by atoms with Crippen LogP contribution in [0.3, 0.4) is 0 Å². The van der Waals surface area contributed by atoms with Crippen LogP contribution in [0, 0.1) is 5.92 Å². The fraction of sp³-hybridized carbons (Fsp3) is 0.529.